The van der Waals surface area contributed by atoms with Crippen molar-refractivity contribution >= 4 is 0 Å². The van der Waals surface area contributed by atoms with Gasteiger partial charge in [0.15, 0.2) is 0 Å². The number of nitriles is 1. The number of aromatic nitrogens is 1. The van der Waals surface area contributed by atoms with Crippen LogP contribution in [0.4, 0.5) is 0 Å². The minimum absolute atomic E-state index is 0.255. The number of hydrogen-bond donors (Lipinski definition) is 1. The Kier molecular flexibility index (Phi) is 2.78. The third kappa shape index (κ3) is 2.04. The minimum atomic E-state index is -0.255. The predicted molar refractivity (Wildman–Crippen MR) is 46.1 cm³/mol. The van der Waals surface area contributed by atoms with E-state index in [2.05, 4.69) is 4.98 Å². The highest BCUT2D eigenvalue weighted by atomic mass is 14.8. The van der Waals surface area contributed by atoms with Crippen LogP contribution in [0, 0.1) is 18.3 Å². The molecule has 3 nitrogen and oxygen atoms in total. The summed E-state index contributed by atoms with van der Waals surface area (Å²) in [6.45, 7) is 1.98. The summed E-state index contributed by atoms with van der Waals surface area (Å²) in [7, 11) is 0. The Morgan fingerprint density at radius 2 is 2.50 bits per heavy atom. The van der Waals surface area contributed by atoms with Gasteiger partial charge in [-0.25, -0.2) is 0 Å². The third-order valence-electron chi connectivity index (χ3n) is 1.63. The number of pyridine rings is 1. The lowest BCUT2D eigenvalue weighted by Crippen LogP contribution is -2.10. The SMILES string of the molecule is Cc1ccnc([C@H](N)CC#N)c1. The van der Waals surface area contributed by atoms with Gasteiger partial charge in [-0.3, -0.25) is 4.98 Å². The van der Waals surface area contributed by atoms with Crippen LogP contribution < -0.4 is 5.73 Å². The molecular formula is C9H11N3. The molecule has 12 heavy (non-hydrogen) atoms. The highest BCUT2D eigenvalue weighted by Crippen LogP contribution is 2.11. The Hall–Kier alpha value is -1.40. The number of nitrogens with zero attached hydrogens (tertiary/aromatic N) is 2. The van der Waals surface area contributed by atoms with Crippen molar-refractivity contribution in [3.8, 4) is 6.07 Å². The minimum Gasteiger partial charge on any atom is -0.322 e. The topological polar surface area (TPSA) is 62.7 Å². The van der Waals surface area contributed by atoms with Gasteiger partial charge in [-0.05, 0) is 24.6 Å². The first kappa shape index (κ1) is 8.69. The van der Waals surface area contributed by atoms with Crippen LogP contribution in [-0.4, -0.2) is 4.98 Å². The number of nitrogens with two attached hydrogens (primary N) is 1. The van der Waals surface area contributed by atoms with Crippen molar-refractivity contribution in [3.63, 3.8) is 0 Å². The molecule has 0 saturated carbocycles. The molecule has 0 aromatic carbocycles. The Morgan fingerprint density at radius 3 is 3.08 bits per heavy atom. The Balaban J connectivity index is 2.82. The Morgan fingerprint density at radius 1 is 1.75 bits per heavy atom. The molecule has 0 saturated heterocycles. The zero-order valence-corrected chi connectivity index (χ0v) is 6.99. The second kappa shape index (κ2) is 3.84. The fourth-order valence-electron chi connectivity index (χ4n) is 0.965. The Bertz CT molecular complexity index is 301. The average Bonchev–Trinajstić information content (AvgIpc) is 2.05. The van der Waals surface area contributed by atoms with Gasteiger partial charge < -0.3 is 5.73 Å². The summed E-state index contributed by atoms with van der Waals surface area (Å²) < 4.78 is 0. The van der Waals surface area contributed by atoms with Crippen LogP contribution in [0.1, 0.15) is 23.7 Å². The maximum Gasteiger partial charge on any atom is 0.0642 e. The van der Waals surface area contributed by atoms with Gasteiger partial charge in [0.05, 0.1) is 24.2 Å². The average molecular weight is 161 g/mol. The van der Waals surface area contributed by atoms with E-state index in [1.165, 1.54) is 0 Å². The van der Waals surface area contributed by atoms with E-state index in [0.29, 0.717) is 6.42 Å². The second-order valence-corrected chi connectivity index (χ2v) is 2.73. The zero-order chi connectivity index (χ0) is 8.97. The van der Waals surface area contributed by atoms with Crippen molar-refractivity contribution in [1.82, 2.24) is 4.98 Å². The lowest BCUT2D eigenvalue weighted by atomic mass is 10.1. The van der Waals surface area contributed by atoms with E-state index in [9.17, 15) is 0 Å². The van der Waals surface area contributed by atoms with E-state index in [1.54, 1.807) is 6.20 Å². The normalized spacial score (nSPS) is 12.1. The molecule has 0 unspecified atom stereocenters. The summed E-state index contributed by atoms with van der Waals surface area (Å²) in [5.74, 6) is 0. The highest BCUT2D eigenvalue weighted by Gasteiger charge is 2.05. The first-order valence-electron chi connectivity index (χ1n) is 3.79. The fourth-order valence-corrected chi connectivity index (χ4v) is 0.965. The summed E-state index contributed by atoms with van der Waals surface area (Å²) in [4.78, 5) is 4.08. The largest absolute Gasteiger partial charge is 0.322 e. The number of rotatable bonds is 2. The molecular weight excluding hydrogens is 150 g/mol. The second-order valence-electron chi connectivity index (χ2n) is 2.73. The van der Waals surface area contributed by atoms with Crippen molar-refractivity contribution in [2.45, 2.75) is 19.4 Å². The van der Waals surface area contributed by atoms with E-state index in [0.717, 1.165) is 11.3 Å². The van der Waals surface area contributed by atoms with Crippen LogP contribution in [0.25, 0.3) is 0 Å². The molecule has 0 radical (unpaired) electrons. The monoisotopic (exact) mass is 161 g/mol. The van der Waals surface area contributed by atoms with E-state index < -0.39 is 0 Å². The van der Waals surface area contributed by atoms with Crippen LogP contribution in [0.15, 0.2) is 18.3 Å². The molecule has 3 heteroatoms. The predicted octanol–water partition coefficient (Wildman–Crippen LogP) is 1.30. The van der Waals surface area contributed by atoms with E-state index in [-0.39, 0.29) is 6.04 Å². The van der Waals surface area contributed by atoms with Gasteiger partial charge in [-0.15, -0.1) is 0 Å². The van der Waals surface area contributed by atoms with Gasteiger partial charge in [0.1, 0.15) is 0 Å². The maximum absolute atomic E-state index is 8.41. The molecule has 2 N–H and O–H groups in total. The molecule has 0 aliphatic rings. The summed E-state index contributed by atoms with van der Waals surface area (Å²) in [5.41, 5.74) is 7.60. The molecule has 0 aliphatic heterocycles. The molecule has 62 valence electrons. The van der Waals surface area contributed by atoms with Crippen molar-refractivity contribution in [3.05, 3.63) is 29.6 Å². The molecule has 1 atom stereocenters. The van der Waals surface area contributed by atoms with Gasteiger partial charge in [-0.2, -0.15) is 5.26 Å². The molecule has 1 rings (SSSR count). The molecule has 0 fully saturated rings. The van der Waals surface area contributed by atoms with Gasteiger partial charge >= 0.3 is 0 Å². The first-order chi connectivity index (χ1) is 5.74. The van der Waals surface area contributed by atoms with Crippen LogP contribution in [0.2, 0.25) is 0 Å². The zero-order valence-electron chi connectivity index (χ0n) is 6.99. The van der Waals surface area contributed by atoms with E-state index in [4.69, 9.17) is 11.0 Å². The van der Waals surface area contributed by atoms with Crippen molar-refractivity contribution in [2.24, 2.45) is 5.73 Å². The van der Waals surface area contributed by atoms with Crippen molar-refractivity contribution in [2.75, 3.05) is 0 Å². The molecule has 0 amide bonds. The number of aryl methyl sites for hydroxylation is 1. The lowest BCUT2D eigenvalue weighted by molar-refractivity contribution is 0.719. The van der Waals surface area contributed by atoms with Crippen LogP contribution >= 0.6 is 0 Å². The highest BCUT2D eigenvalue weighted by molar-refractivity contribution is 5.17. The molecule has 0 aliphatic carbocycles. The Labute approximate surface area is 71.8 Å². The van der Waals surface area contributed by atoms with Crippen molar-refractivity contribution < 1.29 is 0 Å². The van der Waals surface area contributed by atoms with E-state index >= 15 is 0 Å². The fraction of sp³-hybridized carbons (Fsp3) is 0.333. The molecule has 0 spiro atoms. The summed E-state index contributed by atoms with van der Waals surface area (Å²) in [5, 5.41) is 8.41. The lowest BCUT2D eigenvalue weighted by Gasteiger charge is -2.06. The van der Waals surface area contributed by atoms with Gasteiger partial charge in [-0.1, -0.05) is 0 Å². The molecule has 1 heterocycles. The summed E-state index contributed by atoms with van der Waals surface area (Å²) >= 11 is 0. The third-order valence-corrected chi connectivity index (χ3v) is 1.63. The first-order valence-corrected chi connectivity index (χ1v) is 3.79. The van der Waals surface area contributed by atoms with Crippen LogP contribution in [0.3, 0.4) is 0 Å². The van der Waals surface area contributed by atoms with Gasteiger partial charge in [0.2, 0.25) is 0 Å². The van der Waals surface area contributed by atoms with Gasteiger partial charge in [0.25, 0.3) is 0 Å². The smallest absolute Gasteiger partial charge is 0.0642 e. The molecule has 1 aromatic rings. The van der Waals surface area contributed by atoms with Crippen LogP contribution in [0.5, 0.6) is 0 Å². The van der Waals surface area contributed by atoms with Gasteiger partial charge in [0, 0.05) is 6.20 Å². The van der Waals surface area contributed by atoms with E-state index in [1.807, 2.05) is 25.1 Å². The molecule has 0 bridgehead atoms. The summed E-state index contributed by atoms with van der Waals surface area (Å²) in [6, 6.07) is 5.58. The van der Waals surface area contributed by atoms with Crippen LogP contribution in [-0.2, 0) is 0 Å². The van der Waals surface area contributed by atoms with Crippen molar-refractivity contribution in [1.29, 1.82) is 5.26 Å². The quantitative estimate of drug-likeness (QED) is 0.711. The summed E-state index contributed by atoms with van der Waals surface area (Å²) in [6.07, 6.45) is 2.03. The standard InChI is InChI=1S/C9H11N3/c1-7-3-5-12-9(6-7)8(11)2-4-10/h3,5-6,8H,2,11H2,1H3/t8-/m1/s1. The molecule has 1 aromatic heterocycles. The maximum atomic E-state index is 8.41. The number of hydrogen-bond acceptors (Lipinski definition) is 3.